The van der Waals surface area contributed by atoms with E-state index in [0.29, 0.717) is 29.6 Å². The molecular weight excluding hydrogens is 450 g/mol. The molecular formula is C27H25NO5S. The molecule has 1 aliphatic rings. The van der Waals surface area contributed by atoms with E-state index in [1.165, 1.54) is 4.90 Å². The number of hydrogen-bond acceptors (Lipinski definition) is 6. The van der Waals surface area contributed by atoms with Crippen LogP contribution in [-0.2, 0) is 11.3 Å². The number of carbonyl (C=O) groups excluding carboxylic acids is 2. The molecule has 2 amide bonds. The Balaban J connectivity index is 1.39. The lowest BCUT2D eigenvalue weighted by atomic mass is 10.1. The van der Waals surface area contributed by atoms with Gasteiger partial charge in [-0.3, -0.25) is 14.5 Å². The lowest BCUT2D eigenvalue weighted by molar-refractivity contribution is -0.123. The summed E-state index contributed by atoms with van der Waals surface area (Å²) in [5.41, 5.74) is 2.78. The van der Waals surface area contributed by atoms with Gasteiger partial charge in [-0.05, 0) is 60.2 Å². The third kappa shape index (κ3) is 5.80. The van der Waals surface area contributed by atoms with Crippen LogP contribution < -0.4 is 14.2 Å². The first-order chi connectivity index (χ1) is 16.5. The number of nitrogens with zero attached hydrogens (tertiary/aromatic N) is 1. The highest BCUT2D eigenvalue weighted by molar-refractivity contribution is 8.18. The molecule has 0 N–H and O–H groups in total. The van der Waals surface area contributed by atoms with Crippen molar-refractivity contribution in [1.82, 2.24) is 4.90 Å². The molecule has 34 heavy (non-hydrogen) atoms. The van der Waals surface area contributed by atoms with Crippen LogP contribution in [-0.4, -0.2) is 36.4 Å². The van der Waals surface area contributed by atoms with E-state index in [4.69, 9.17) is 14.2 Å². The van der Waals surface area contributed by atoms with Gasteiger partial charge in [0.25, 0.3) is 11.1 Å². The Morgan fingerprint density at radius 1 is 0.882 bits per heavy atom. The van der Waals surface area contributed by atoms with Gasteiger partial charge in [-0.25, -0.2) is 0 Å². The van der Waals surface area contributed by atoms with E-state index in [1.807, 2.05) is 67.6 Å². The SMILES string of the molecule is COc1cc(/C=C2\SC(=O)N(Cc3ccc(C)cc3)C2=O)ccc1OCCOc1ccccc1. The first-order valence-electron chi connectivity index (χ1n) is 10.8. The standard InChI is InChI=1S/C27H25NO5S/c1-19-8-10-20(11-9-19)18-28-26(29)25(34-27(28)30)17-21-12-13-23(24(16-21)31-2)33-15-14-32-22-6-4-3-5-7-22/h3-13,16-17H,14-15,18H2,1-2H3/b25-17-. The summed E-state index contributed by atoms with van der Waals surface area (Å²) in [5.74, 6) is 1.59. The van der Waals surface area contributed by atoms with Crippen LogP contribution in [0.1, 0.15) is 16.7 Å². The summed E-state index contributed by atoms with van der Waals surface area (Å²) in [6.07, 6.45) is 1.70. The normalized spacial score (nSPS) is 14.5. The number of carbonyl (C=O) groups is 2. The summed E-state index contributed by atoms with van der Waals surface area (Å²) < 4.78 is 16.9. The van der Waals surface area contributed by atoms with Crippen molar-refractivity contribution < 1.29 is 23.8 Å². The molecule has 0 unspecified atom stereocenters. The molecule has 3 aromatic carbocycles. The molecule has 0 radical (unpaired) electrons. The number of benzene rings is 3. The summed E-state index contributed by atoms with van der Waals surface area (Å²) in [6.45, 7) is 2.99. The van der Waals surface area contributed by atoms with Gasteiger partial charge >= 0.3 is 0 Å². The van der Waals surface area contributed by atoms with Crippen molar-refractivity contribution in [2.75, 3.05) is 20.3 Å². The Morgan fingerprint density at radius 3 is 2.35 bits per heavy atom. The monoisotopic (exact) mass is 475 g/mol. The van der Waals surface area contributed by atoms with Crippen molar-refractivity contribution in [3.63, 3.8) is 0 Å². The summed E-state index contributed by atoms with van der Waals surface area (Å²) in [7, 11) is 1.56. The number of amides is 2. The summed E-state index contributed by atoms with van der Waals surface area (Å²) in [6, 6.07) is 22.7. The van der Waals surface area contributed by atoms with Gasteiger partial charge in [0.15, 0.2) is 11.5 Å². The number of rotatable bonds is 9. The van der Waals surface area contributed by atoms with Gasteiger partial charge in [0.2, 0.25) is 0 Å². The third-order valence-corrected chi connectivity index (χ3v) is 6.08. The van der Waals surface area contributed by atoms with E-state index >= 15 is 0 Å². The fourth-order valence-corrected chi connectivity index (χ4v) is 4.22. The number of ether oxygens (including phenoxy) is 3. The zero-order valence-corrected chi connectivity index (χ0v) is 19.8. The molecule has 1 fully saturated rings. The molecule has 1 aliphatic heterocycles. The Kier molecular flexibility index (Phi) is 7.54. The van der Waals surface area contributed by atoms with Gasteiger partial charge in [-0.1, -0.05) is 54.1 Å². The number of hydrogen-bond donors (Lipinski definition) is 0. The molecule has 0 aromatic heterocycles. The molecule has 7 heteroatoms. The largest absolute Gasteiger partial charge is 0.493 e. The van der Waals surface area contributed by atoms with Gasteiger partial charge in [0.05, 0.1) is 18.6 Å². The Hall–Kier alpha value is -3.71. The van der Waals surface area contributed by atoms with Crippen LogP contribution in [0.15, 0.2) is 77.7 Å². The molecule has 0 bridgehead atoms. The maximum atomic E-state index is 12.9. The molecule has 3 aromatic rings. The fraction of sp³-hybridized carbons (Fsp3) is 0.185. The maximum absolute atomic E-state index is 12.9. The van der Waals surface area contributed by atoms with Crippen LogP contribution in [0.25, 0.3) is 6.08 Å². The van der Waals surface area contributed by atoms with Crippen molar-refractivity contribution in [2.45, 2.75) is 13.5 Å². The van der Waals surface area contributed by atoms with Crippen LogP contribution in [0.2, 0.25) is 0 Å². The first-order valence-corrected chi connectivity index (χ1v) is 11.6. The minimum Gasteiger partial charge on any atom is -0.493 e. The number of aryl methyl sites for hydroxylation is 1. The second kappa shape index (κ2) is 10.9. The van der Waals surface area contributed by atoms with Crippen molar-refractivity contribution >= 4 is 29.0 Å². The Bertz CT molecular complexity index is 1190. The van der Waals surface area contributed by atoms with Crippen molar-refractivity contribution in [1.29, 1.82) is 0 Å². The molecule has 4 rings (SSSR count). The number of imide groups is 1. The van der Waals surface area contributed by atoms with Gasteiger partial charge in [0, 0.05) is 0 Å². The summed E-state index contributed by atoms with van der Waals surface area (Å²) in [4.78, 5) is 26.9. The van der Waals surface area contributed by atoms with Crippen LogP contribution in [0.3, 0.4) is 0 Å². The van der Waals surface area contributed by atoms with Crippen LogP contribution in [0.4, 0.5) is 4.79 Å². The predicted octanol–water partition coefficient (Wildman–Crippen LogP) is 5.70. The van der Waals surface area contributed by atoms with Crippen LogP contribution in [0.5, 0.6) is 17.2 Å². The predicted molar refractivity (Wildman–Crippen MR) is 133 cm³/mol. The van der Waals surface area contributed by atoms with E-state index in [2.05, 4.69) is 0 Å². The second-order valence-corrected chi connectivity index (χ2v) is 8.67. The number of thioether (sulfide) groups is 1. The summed E-state index contributed by atoms with van der Waals surface area (Å²) >= 11 is 0.941. The molecule has 6 nitrogen and oxygen atoms in total. The highest BCUT2D eigenvalue weighted by atomic mass is 32.2. The van der Waals surface area contributed by atoms with E-state index in [9.17, 15) is 9.59 Å². The topological polar surface area (TPSA) is 65.1 Å². The van der Waals surface area contributed by atoms with E-state index in [1.54, 1.807) is 25.3 Å². The van der Waals surface area contributed by atoms with E-state index in [-0.39, 0.29) is 17.7 Å². The minimum atomic E-state index is -0.298. The highest BCUT2D eigenvalue weighted by Crippen LogP contribution is 2.35. The molecule has 0 spiro atoms. The second-order valence-electron chi connectivity index (χ2n) is 7.67. The van der Waals surface area contributed by atoms with E-state index < -0.39 is 0 Å². The molecule has 1 saturated heterocycles. The van der Waals surface area contributed by atoms with Crippen molar-refractivity contribution in [3.05, 3.63) is 94.4 Å². The maximum Gasteiger partial charge on any atom is 0.293 e. The molecule has 174 valence electrons. The fourth-order valence-electron chi connectivity index (χ4n) is 3.38. The number of para-hydroxylation sites is 1. The summed E-state index contributed by atoms with van der Waals surface area (Å²) in [5, 5.41) is -0.276. The highest BCUT2D eigenvalue weighted by Gasteiger charge is 2.35. The quantitative estimate of drug-likeness (QED) is 0.292. The van der Waals surface area contributed by atoms with Gasteiger partial charge in [-0.2, -0.15) is 0 Å². The van der Waals surface area contributed by atoms with E-state index in [0.717, 1.165) is 34.2 Å². The Morgan fingerprint density at radius 2 is 1.62 bits per heavy atom. The Labute approximate surface area is 203 Å². The lowest BCUT2D eigenvalue weighted by Gasteiger charge is -2.13. The average molecular weight is 476 g/mol. The average Bonchev–Trinajstić information content (AvgIpc) is 3.11. The van der Waals surface area contributed by atoms with Gasteiger partial charge in [0.1, 0.15) is 19.0 Å². The first kappa shape index (κ1) is 23.4. The van der Waals surface area contributed by atoms with Gasteiger partial charge in [-0.15, -0.1) is 0 Å². The zero-order valence-electron chi connectivity index (χ0n) is 19.0. The van der Waals surface area contributed by atoms with Gasteiger partial charge < -0.3 is 14.2 Å². The molecule has 0 aliphatic carbocycles. The van der Waals surface area contributed by atoms with Crippen molar-refractivity contribution in [2.24, 2.45) is 0 Å². The smallest absolute Gasteiger partial charge is 0.293 e. The molecule has 1 heterocycles. The molecule has 0 saturated carbocycles. The molecule has 0 atom stereocenters. The van der Waals surface area contributed by atoms with Crippen molar-refractivity contribution in [3.8, 4) is 17.2 Å². The van der Waals surface area contributed by atoms with Crippen LogP contribution in [0, 0.1) is 6.92 Å². The lowest BCUT2D eigenvalue weighted by Crippen LogP contribution is -2.27. The zero-order chi connectivity index (χ0) is 23.9. The van der Waals surface area contributed by atoms with Crippen LogP contribution >= 0.6 is 11.8 Å². The third-order valence-electron chi connectivity index (χ3n) is 5.17. The minimum absolute atomic E-state index is 0.253. The number of methoxy groups -OCH3 is 1.